The van der Waals surface area contributed by atoms with Crippen LogP contribution in [0, 0.1) is 41.1 Å². The lowest BCUT2D eigenvalue weighted by Crippen LogP contribution is -2.36. The molecule has 4 rings (SSSR count). The standard InChI is InChI=1S/C24H23N2O/c1-13-11-20(26(7)17(5)16(13)4)23-15(3)10-14(2)22-19-12-18(25-6)8-9-21(19)27-24(22)23/h8-12H,1-5,7H3/q+1/i4D3,11D. The Labute approximate surface area is 165 Å². The fraction of sp³-hybridized carbons (Fsp3) is 0.250. The van der Waals surface area contributed by atoms with E-state index in [0.717, 1.165) is 27.5 Å². The summed E-state index contributed by atoms with van der Waals surface area (Å²) in [6.07, 6.45) is 0. The van der Waals surface area contributed by atoms with Gasteiger partial charge in [-0.1, -0.05) is 12.1 Å². The van der Waals surface area contributed by atoms with Crippen molar-refractivity contribution in [3.8, 4) is 11.3 Å². The molecule has 0 fully saturated rings. The zero-order valence-corrected chi connectivity index (χ0v) is 16.1. The third-order valence-corrected chi connectivity index (χ3v) is 5.37. The molecule has 2 aromatic carbocycles. The molecule has 3 nitrogen and oxygen atoms in total. The van der Waals surface area contributed by atoms with Gasteiger partial charge >= 0.3 is 0 Å². The van der Waals surface area contributed by atoms with Gasteiger partial charge in [0.1, 0.15) is 18.2 Å². The molecule has 0 atom stereocenters. The van der Waals surface area contributed by atoms with Crippen molar-refractivity contribution in [3.63, 3.8) is 0 Å². The minimum Gasteiger partial charge on any atom is -0.455 e. The SMILES string of the molecule is [2H]c1c(C)c(C([2H])([2H])[2H])c(C)[n+](C)c1-c1c(C)cc(C)c2c1oc1ccc([N+]#[C-])cc12. The fourth-order valence-electron chi connectivity index (χ4n) is 3.83. The molecule has 4 aromatic rings. The summed E-state index contributed by atoms with van der Waals surface area (Å²) < 4.78 is 40.7. The number of hydrogen-bond donors (Lipinski definition) is 0. The van der Waals surface area contributed by atoms with Gasteiger partial charge in [0.15, 0.2) is 11.4 Å². The summed E-state index contributed by atoms with van der Waals surface area (Å²) in [5, 5.41) is 1.78. The highest BCUT2D eigenvalue weighted by Crippen LogP contribution is 2.40. The minimum absolute atomic E-state index is 0.176. The van der Waals surface area contributed by atoms with Gasteiger partial charge < -0.3 is 4.42 Å². The maximum absolute atomic E-state index is 8.86. The summed E-state index contributed by atoms with van der Waals surface area (Å²) in [5.41, 5.74) is 6.50. The largest absolute Gasteiger partial charge is 0.455 e. The monoisotopic (exact) mass is 359 g/mol. The molecule has 0 radical (unpaired) electrons. The van der Waals surface area contributed by atoms with Gasteiger partial charge in [-0.3, -0.25) is 0 Å². The quantitative estimate of drug-likeness (QED) is 0.294. The van der Waals surface area contributed by atoms with Crippen molar-refractivity contribution in [1.82, 2.24) is 0 Å². The second-order valence-corrected chi connectivity index (χ2v) is 7.10. The van der Waals surface area contributed by atoms with Gasteiger partial charge in [-0.25, -0.2) is 4.85 Å². The second kappa shape index (κ2) is 5.96. The molecule has 0 bridgehead atoms. The van der Waals surface area contributed by atoms with Crippen LogP contribution in [-0.4, -0.2) is 0 Å². The van der Waals surface area contributed by atoms with E-state index in [-0.39, 0.29) is 11.6 Å². The molecular formula is C24H23N2O+. The number of hydrogen-bond acceptors (Lipinski definition) is 1. The van der Waals surface area contributed by atoms with Crippen LogP contribution in [0.2, 0.25) is 0 Å². The fourth-order valence-corrected chi connectivity index (χ4v) is 3.83. The van der Waals surface area contributed by atoms with E-state index >= 15 is 0 Å². The molecule has 3 heteroatoms. The summed E-state index contributed by atoms with van der Waals surface area (Å²) in [4.78, 5) is 3.54. The van der Waals surface area contributed by atoms with Gasteiger partial charge in [-0.05, 0) is 56.4 Å². The second-order valence-electron chi connectivity index (χ2n) is 7.10. The van der Waals surface area contributed by atoms with Crippen LogP contribution in [0.5, 0.6) is 0 Å². The molecule has 0 N–H and O–H groups in total. The topological polar surface area (TPSA) is 21.4 Å². The number of fused-ring (bicyclic) bond motifs is 3. The minimum atomic E-state index is -2.30. The van der Waals surface area contributed by atoms with Gasteiger partial charge in [0.05, 0.1) is 13.5 Å². The van der Waals surface area contributed by atoms with Crippen LogP contribution in [-0.2, 0) is 7.05 Å². The molecule has 0 aliphatic heterocycles. The Morgan fingerprint density at radius 1 is 1.11 bits per heavy atom. The molecule has 0 saturated heterocycles. The highest BCUT2D eigenvalue weighted by atomic mass is 16.3. The van der Waals surface area contributed by atoms with Gasteiger partial charge in [-0.15, -0.1) is 0 Å². The molecule has 2 heterocycles. The highest BCUT2D eigenvalue weighted by molar-refractivity contribution is 6.12. The number of pyridine rings is 1. The zero-order valence-electron chi connectivity index (χ0n) is 20.1. The van der Waals surface area contributed by atoms with Crippen molar-refractivity contribution in [2.45, 2.75) is 34.5 Å². The Morgan fingerprint density at radius 2 is 1.89 bits per heavy atom. The van der Waals surface area contributed by atoms with E-state index in [1.807, 2.05) is 19.9 Å². The third kappa shape index (κ3) is 2.44. The first-order valence-electron chi connectivity index (χ1n) is 10.8. The Hall–Kier alpha value is -3.12. The Balaban J connectivity index is 2.19. The number of furan rings is 1. The average molecular weight is 359 g/mol. The summed E-state index contributed by atoms with van der Waals surface area (Å²) in [5.74, 6) is 0. The van der Waals surface area contributed by atoms with E-state index < -0.39 is 6.85 Å². The van der Waals surface area contributed by atoms with Crippen LogP contribution in [0.4, 0.5) is 5.69 Å². The van der Waals surface area contributed by atoms with Crippen LogP contribution >= 0.6 is 0 Å². The number of aryl methyl sites for hydroxylation is 2. The smallest absolute Gasteiger partial charge is 0.216 e. The maximum Gasteiger partial charge on any atom is 0.216 e. The Kier molecular flexibility index (Phi) is 2.89. The van der Waals surface area contributed by atoms with Crippen LogP contribution in [0.1, 0.15) is 33.4 Å². The first-order chi connectivity index (χ1) is 14.5. The predicted octanol–water partition coefficient (Wildman–Crippen LogP) is 6.17. The van der Waals surface area contributed by atoms with Crippen LogP contribution < -0.4 is 4.57 Å². The molecular weight excluding hydrogens is 332 g/mol. The molecule has 2 aromatic heterocycles. The van der Waals surface area contributed by atoms with Gasteiger partial charge in [0, 0.05) is 33.4 Å². The van der Waals surface area contributed by atoms with Crippen molar-refractivity contribution in [2.24, 2.45) is 7.05 Å². The molecule has 0 saturated carbocycles. The van der Waals surface area contributed by atoms with E-state index in [1.165, 1.54) is 0 Å². The van der Waals surface area contributed by atoms with E-state index in [2.05, 4.69) is 10.9 Å². The molecule has 0 amide bonds. The zero-order chi connectivity index (χ0) is 22.8. The lowest BCUT2D eigenvalue weighted by molar-refractivity contribution is -0.667. The summed E-state index contributed by atoms with van der Waals surface area (Å²) in [6, 6.07) is 7.59. The number of benzene rings is 2. The molecule has 0 unspecified atom stereocenters. The van der Waals surface area contributed by atoms with Crippen molar-refractivity contribution in [1.29, 1.82) is 0 Å². The maximum atomic E-state index is 8.86. The van der Waals surface area contributed by atoms with E-state index in [1.54, 1.807) is 37.6 Å². The number of nitrogens with zero attached hydrogens (tertiary/aromatic N) is 2. The molecule has 0 aliphatic rings. The lowest BCUT2D eigenvalue weighted by Gasteiger charge is -2.11. The van der Waals surface area contributed by atoms with Gasteiger partial charge in [0.25, 0.3) is 0 Å². The Bertz CT molecular complexity index is 1410. The van der Waals surface area contributed by atoms with Crippen molar-refractivity contribution in [3.05, 3.63) is 69.7 Å². The number of aromatic nitrogens is 1. The predicted molar refractivity (Wildman–Crippen MR) is 110 cm³/mol. The van der Waals surface area contributed by atoms with Crippen LogP contribution in [0.3, 0.4) is 0 Å². The molecule has 134 valence electrons. The normalized spacial score (nSPS) is 13.9. The van der Waals surface area contributed by atoms with Gasteiger partial charge in [-0.2, -0.15) is 4.57 Å². The van der Waals surface area contributed by atoms with Crippen LogP contribution in [0.25, 0.3) is 38.0 Å². The molecule has 27 heavy (non-hydrogen) atoms. The Morgan fingerprint density at radius 3 is 2.59 bits per heavy atom. The molecule has 0 spiro atoms. The first-order valence-corrected chi connectivity index (χ1v) is 8.82. The van der Waals surface area contributed by atoms with Crippen LogP contribution in [0.15, 0.2) is 34.7 Å². The van der Waals surface area contributed by atoms with Gasteiger partial charge in [0.2, 0.25) is 5.69 Å². The molecule has 0 aliphatic carbocycles. The van der Waals surface area contributed by atoms with E-state index in [0.29, 0.717) is 33.8 Å². The van der Waals surface area contributed by atoms with Crippen molar-refractivity contribution >= 4 is 27.6 Å². The van der Waals surface area contributed by atoms with Crippen molar-refractivity contribution in [2.75, 3.05) is 0 Å². The summed E-state index contributed by atoms with van der Waals surface area (Å²) in [7, 11) is 1.79. The summed E-state index contributed by atoms with van der Waals surface area (Å²) in [6.45, 7) is 12.5. The summed E-state index contributed by atoms with van der Waals surface area (Å²) >= 11 is 0. The number of rotatable bonds is 1. The van der Waals surface area contributed by atoms with E-state index in [9.17, 15) is 0 Å². The lowest BCUT2D eigenvalue weighted by atomic mass is 9.95. The van der Waals surface area contributed by atoms with E-state index in [4.69, 9.17) is 16.5 Å². The first kappa shape index (κ1) is 13.1. The third-order valence-electron chi connectivity index (χ3n) is 5.37. The van der Waals surface area contributed by atoms with Crippen molar-refractivity contribution < 1.29 is 14.5 Å². The highest BCUT2D eigenvalue weighted by Gasteiger charge is 2.24. The average Bonchev–Trinajstić information content (AvgIpc) is 3.06.